The highest BCUT2D eigenvalue weighted by molar-refractivity contribution is 5.55. The summed E-state index contributed by atoms with van der Waals surface area (Å²) < 4.78 is 24.7. The Morgan fingerprint density at radius 1 is 1.38 bits per heavy atom. The van der Waals surface area contributed by atoms with E-state index in [2.05, 4.69) is 4.98 Å². The second-order valence-electron chi connectivity index (χ2n) is 2.50. The van der Waals surface area contributed by atoms with Gasteiger partial charge in [-0.25, -0.2) is 13.8 Å². The SMILES string of the molecule is NCc1c(N)cc(N)nc1C(F)F. The monoisotopic (exact) mass is 188 g/mol. The van der Waals surface area contributed by atoms with Gasteiger partial charge in [-0.15, -0.1) is 0 Å². The molecular weight excluding hydrogens is 178 g/mol. The zero-order valence-electron chi connectivity index (χ0n) is 6.80. The Morgan fingerprint density at radius 2 is 2.00 bits per heavy atom. The molecule has 0 aliphatic carbocycles. The van der Waals surface area contributed by atoms with Crippen LogP contribution in [0.4, 0.5) is 20.3 Å². The van der Waals surface area contributed by atoms with Gasteiger partial charge in [0.15, 0.2) is 0 Å². The third-order valence-corrected chi connectivity index (χ3v) is 1.62. The zero-order valence-corrected chi connectivity index (χ0v) is 6.80. The first-order valence-corrected chi connectivity index (χ1v) is 3.59. The van der Waals surface area contributed by atoms with Crippen LogP contribution in [0.2, 0.25) is 0 Å². The van der Waals surface area contributed by atoms with E-state index in [4.69, 9.17) is 17.2 Å². The molecule has 1 aromatic heterocycles. The molecule has 1 aromatic rings. The Bertz CT molecular complexity index is 314. The standard InChI is InChI=1S/C7H10F2N4/c8-7(9)6-3(2-10)4(11)1-5(12)13-6/h1,7H,2,10H2,(H4,11,12,13). The fourth-order valence-electron chi connectivity index (χ4n) is 1.04. The third-order valence-electron chi connectivity index (χ3n) is 1.62. The average Bonchev–Trinajstić information content (AvgIpc) is 2.02. The summed E-state index contributed by atoms with van der Waals surface area (Å²) in [4.78, 5) is 3.47. The second kappa shape index (κ2) is 3.53. The zero-order chi connectivity index (χ0) is 10.0. The molecule has 0 saturated heterocycles. The van der Waals surface area contributed by atoms with Gasteiger partial charge in [-0.1, -0.05) is 0 Å². The van der Waals surface area contributed by atoms with Crippen molar-refractivity contribution < 1.29 is 8.78 Å². The summed E-state index contributed by atoms with van der Waals surface area (Å²) in [6.07, 6.45) is -2.70. The van der Waals surface area contributed by atoms with Gasteiger partial charge in [-0.3, -0.25) is 0 Å². The molecule has 4 nitrogen and oxygen atoms in total. The van der Waals surface area contributed by atoms with Gasteiger partial charge in [-0.05, 0) is 0 Å². The smallest absolute Gasteiger partial charge is 0.280 e. The molecule has 0 atom stereocenters. The van der Waals surface area contributed by atoms with Crippen LogP contribution in [-0.2, 0) is 6.54 Å². The minimum atomic E-state index is -2.70. The van der Waals surface area contributed by atoms with E-state index in [-0.39, 0.29) is 23.6 Å². The number of nitrogens with two attached hydrogens (primary N) is 3. The van der Waals surface area contributed by atoms with Crippen LogP contribution in [0.1, 0.15) is 17.7 Å². The van der Waals surface area contributed by atoms with Crippen LogP contribution < -0.4 is 17.2 Å². The predicted octanol–water partition coefficient (Wildman–Crippen LogP) is 0.642. The summed E-state index contributed by atoms with van der Waals surface area (Å²) in [5, 5.41) is 0. The van der Waals surface area contributed by atoms with Gasteiger partial charge in [0, 0.05) is 23.9 Å². The van der Waals surface area contributed by atoms with Crippen molar-refractivity contribution >= 4 is 11.5 Å². The Morgan fingerprint density at radius 3 is 2.46 bits per heavy atom. The highest BCUT2D eigenvalue weighted by atomic mass is 19.3. The summed E-state index contributed by atoms with van der Waals surface area (Å²) >= 11 is 0. The summed E-state index contributed by atoms with van der Waals surface area (Å²) in [7, 11) is 0. The largest absolute Gasteiger partial charge is 0.398 e. The number of hydrogen-bond donors (Lipinski definition) is 3. The number of rotatable bonds is 2. The molecule has 0 radical (unpaired) electrons. The molecule has 0 aliphatic rings. The van der Waals surface area contributed by atoms with Crippen molar-refractivity contribution in [3.63, 3.8) is 0 Å². The lowest BCUT2D eigenvalue weighted by Crippen LogP contribution is -2.10. The first-order valence-electron chi connectivity index (χ1n) is 3.59. The number of aromatic nitrogens is 1. The van der Waals surface area contributed by atoms with Gasteiger partial charge in [-0.2, -0.15) is 0 Å². The molecule has 0 aromatic carbocycles. The molecule has 1 rings (SSSR count). The first-order chi connectivity index (χ1) is 6.06. The molecule has 6 heteroatoms. The Kier molecular flexibility index (Phi) is 2.62. The normalized spacial score (nSPS) is 10.8. The summed E-state index contributed by atoms with van der Waals surface area (Å²) in [5.74, 6) is -0.0231. The van der Waals surface area contributed by atoms with Crippen molar-refractivity contribution in [2.24, 2.45) is 5.73 Å². The fraction of sp³-hybridized carbons (Fsp3) is 0.286. The van der Waals surface area contributed by atoms with Crippen molar-refractivity contribution in [2.75, 3.05) is 11.5 Å². The summed E-state index contributed by atoms with van der Waals surface area (Å²) in [6, 6.07) is 1.31. The maximum Gasteiger partial charge on any atom is 0.280 e. The van der Waals surface area contributed by atoms with Gasteiger partial charge in [0.05, 0.1) is 0 Å². The van der Waals surface area contributed by atoms with Crippen molar-refractivity contribution in [2.45, 2.75) is 13.0 Å². The lowest BCUT2D eigenvalue weighted by Gasteiger charge is -2.09. The lowest BCUT2D eigenvalue weighted by atomic mass is 10.1. The van der Waals surface area contributed by atoms with Crippen molar-refractivity contribution in [1.82, 2.24) is 4.98 Å². The number of nitrogens with zero attached hydrogens (tertiary/aromatic N) is 1. The van der Waals surface area contributed by atoms with E-state index in [1.54, 1.807) is 0 Å². The fourth-order valence-corrected chi connectivity index (χ4v) is 1.04. The van der Waals surface area contributed by atoms with Crippen LogP contribution in [-0.4, -0.2) is 4.98 Å². The number of halogens is 2. The van der Waals surface area contributed by atoms with Crippen molar-refractivity contribution in [3.8, 4) is 0 Å². The highest BCUT2D eigenvalue weighted by Crippen LogP contribution is 2.26. The molecular formula is C7H10F2N4. The predicted molar refractivity (Wildman–Crippen MR) is 45.9 cm³/mol. The van der Waals surface area contributed by atoms with E-state index >= 15 is 0 Å². The molecule has 13 heavy (non-hydrogen) atoms. The summed E-state index contributed by atoms with van der Waals surface area (Å²) in [6.45, 7) is -0.0706. The minimum Gasteiger partial charge on any atom is -0.398 e. The topological polar surface area (TPSA) is 91.0 Å². The number of anilines is 2. The molecule has 0 bridgehead atoms. The quantitative estimate of drug-likeness (QED) is 0.635. The van der Waals surface area contributed by atoms with E-state index in [9.17, 15) is 8.78 Å². The Labute approximate surface area is 73.7 Å². The average molecular weight is 188 g/mol. The van der Waals surface area contributed by atoms with E-state index in [0.717, 1.165) is 0 Å². The molecule has 0 amide bonds. The van der Waals surface area contributed by atoms with E-state index in [1.165, 1.54) is 6.07 Å². The van der Waals surface area contributed by atoms with Crippen LogP contribution in [0, 0.1) is 0 Å². The van der Waals surface area contributed by atoms with Gasteiger partial charge >= 0.3 is 0 Å². The lowest BCUT2D eigenvalue weighted by molar-refractivity contribution is 0.145. The van der Waals surface area contributed by atoms with Crippen LogP contribution in [0.5, 0.6) is 0 Å². The third kappa shape index (κ3) is 1.83. The van der Waals surface area contributed by atoms with Gasteiger partial charge in [0.25, 0.3) is 6.43 Å². The van der Waals surface area contributed by atoms with Gasteiger partial charge < -0.3 is 17.2 Å². The minimum absolute atomic E-state index is 0.0231. The van der Waals surface area contributed by atoms with E-state index in [0.29, 0.717) is 0 Å². The number of nitrogen functional groups attached to an aromatic ring is 2. The molecule has 0 spiro atoms. The molecule has 1 heterocycles. The Hall–Kier alpha value is -1.43. The number of hydrogen-bond acceptors (Lipinski definition) is 4. The maximum atomic E-state index is 12.3. The first kappa shape index (κ1) is 9.66. The van der Waals surface area contributed by atoms with E-state index < -0.39 is 12.1 Å². The summed E-state index contributed by atoms with van der Waals surface area (Å²) in [5.41, 5.74) is 15.8. The molecule has 0 fully saturated rings. The Balaban J connectivity index is 3.29. The highest BCUT2D eigenvalue weighted by Gasteiger charge is 2.16. The second-order valence-corrected chi connectivity index (χ2v) is 2.50. The van der Waals surface area contributed by atoms with Crippen molar-refractivity contribution in [1.29, 1.82) is 0 Å². The molecule has 0 saturated carbocycles. The molecule has 0 aliphatic heterocycles. The number of alkyl halides is 2. The van der Waals surface area contributed by atoms with Crippen molar-refractivity contribution in [3.05, 3.63) is 17.3 Å². The van der Waals surface area contributed by atoms with Crippen LogP contribution in [0.25, 0.3) is 0 Å². The maximum absolute atomic E-state index is 12.3. The van der Waals surface area contributed by atoms with Gasteiger partial charge in [0.1, 0.15) is 11.5 Å². The van der Waals surface area contributed by atoms with Crippen LogP contribution in [0.3, 0.4) is 0 Å². The molecule has 0 unspecified atom stereocenters. The van der Waals surface area contributed by atoms with Crippen LogP contribution >= 0.6 is 0 Å². The van der Waals surface area contributed by atoms with Crippen LogP contribution in [0.15, 0.2) is 6.07 Å². The van der Waals surface area contributed by atoms with E-state index in [1.807, 2.05) is 0 Å². The van der Waals surface area contributed by atoms with Gasteiger partial charge in [0.2, 0.25) is 0 Å². The molecule has 72 valence electrons. The number of pyridine rings is 1. The molecule has 6 N–H and O–H groups in total.